The highest BCUT2D eigenvalue weighted by molar-refractivity contribution is 5.85. The number of hydrogen-bond acceptors (Lipinski definition) is 4. The molecular formula is C16H21ClF3N5O. The van der Waals surface area contributed by atoms with Gasteiger partial charge in [-0.2, -0.15) is 22.7 Å². The number of nitrogens with zero attached hydrogens (tertiary/aromatic N) is 4. The van der Waals surface area contributed by atoms with Gasteiger partial charge in [-0.1, -0.05) is 13.8 Å². The minimum Gasteiger partial charge on any atom is -0.316 e. The molecule has 2 aromatic heterocycles. The van der Waals surface area contributed by atoms with E-state index in [0.717, 1.165) is 23.9 Å². The van der Waals surface area contributed by atoms with Crippen LogP contribution in [0, 0.1) is 11.8 Å². The predicted molar refractivity (Wildman–Crippen MR) is 91.6 cm³/mol. The fourth-order valence-electron chi connectivity index (χ4n) is 4.10. The maximum Gasteiger partial charge on any atom is 0.453 e. The summed E-state index contributed by atoms with van der Waals surface area (Å²) in [5, 5.41) is 6.88. The maximum atomic E-state index is 13.0. The maximum absolute atomic E-state index is 13.0. The van der Waals surface area contributed by atoms with Gasteiger partial charge in [0.05, 0.1) is 0 Å². The van der Waals surface area contributed by atoms with Crippen LogP contribution in [0.1, 0.15) is 44.0 Å². The molecule has 1 aliphatic carbocycles. The van der Waals surface area contributed by atoms with Gasteiger partial charge in [0.15, 0.2) is 0 Å². The number of alkyl halides is 3. The molecule has 1 aliphatic heterocycles. The summed E-state index contributed by atoms with van der Waals surface area (Å²) in [4.78, 5) is 16.1. The highest BCUT2D eigenvalue weighted by Crippen LogP contribution is 2.37. The van der Waals surface area contributed by atoms with Crippen molar-refractivity contribution in [2.24, 2.45) is 11.8 Å². The fourth-order valence-corrected chi connectivity index (χ4v) is 4.10. The Labute approximate surface area is 154 Å². The third-order valence-electron chi connectivity index (χ3n) is 5.40. The smallest absolute Gasteiger partial charge is 0.316 e. The van der Waals surface area contributed by atoms with Gasteiger partial charge < -0.3 is 9.88 Å². The second kappa shape index (κ2) is 6.53. The molecule has 26 heavy (non-hydrogen) atoms. The molecule has 144 valence electrons. The first-order valence-electron chi connectivity index (χ1n) is 8.54. The average molecular weight is 392 g/mol. The van der Waals surface area contributed by atoms with E-state index < -0.39 is 17.6 Å². The van der Waals surface area contributed by atoms with Crippen molar-refractivity contribution in [3.63, 3.8) is 0 Å². The topological polar surface area (TPSA) is 64.2 Å². The molecule has 10 heteroatoms. The van der Waals surface area contributed by atoms with Crippen LogP contribution in [0.2, 0.25) is 0 Å². The number of piperidine rings is 1. The highest BCUT2D eigenvalue weighted by atomic mass is 35.5. The number of nitrogens with one attached hydrogen (secondary N) is 1. The van der Waals surface area contributed by atoms with Crippen molar-refractivity contribution < 1.29 is 13.2 Å². The molecule has 1 saturated carbocycles. The third kappa shape index (κ3) is 3.11. The standard InChI is InChI=1S/C16H20F3N5O.ClH/c1-8(2)12-7-23(6-10-4-11-3-9(10)5-20-11)15-21-14(16(17,18)19)22-24(15)13(12)25;/h7-11,20H,3-6H2,1-2H3;1H/t9-,10-,11-;/m1./s1. The van der Waals surface area contributed by atoms with Gasteiger partial charge in [0.25, 0.3) is 11.4 Å². The molecule has 2 fully saturated rings. The van der Waals surface area contributed by atoms with Gasteiger partial charge in [0.1, 0.15) is 0 Å². The molecule has 1 N–H and O–H groups in total. The molecule has 0 spiro atoms. The first kappa shape index (κ1) is 19.2. The molecule has 0 radical (unpaired) electrons. The number of halogens is 4. The van der Waals surface area contributed by atoms with Crippen LogP contribution >= 0.6 is 12.4 Å². The van der Waals surface area contributed by atoms with Crippen molar-refractivity contribution in [1.29, 1.82) is 0 Å². The molecular weight excluding hydrogens is 371 g/mol. The quantitative estimate of drug-likeness (QED) is 0.873. The molecule has 2 aromatic rings. The number of aromatic nitrogens is 4. The molecule has 0 amide bonds. The van der Waals surface area contributed by atoms with Crippen LogP contribution in [0.5, 0.6) is 0 Å². The van der Waals surface area contributed by atoms with Crippen molar-refractivity contribution in [1.82, 2.24) is 24.5 Å². The normalized spacial score (nSPS) is 25.2. The Morgan fingerprint density at radius 2 is 2.08 bits per heavy atom. The van der Waals surface area contributed by atoms with Crippen molar-refractivity contribution >= 4 is 18.2 Å². The molecule has 1 saturated heterocycles. The lowest BCUT2D eigenvalue weighted by atomic mass is 9.95. The number of rotatable bonds is 3. The van der Waals surface area contributed by atoms with Crippen molar-refractivity contribution in [2.45, 2.75) is 51.4 Å². The van der Waals surface area contributed by atoms with Gasteiger partial charge in [-0.05, 0) is 37.1 Å². The minimum absolute atomic E-state index is 0. The van der Waals surface area contributed by atoms with Gasteiger partial charge in [-0.15, -0.1) is 17.5 Å². The lowest BCUT2D eigenvalue weighted by molar-refractivity contribution is -0.144. The molecule has 0 aromatic carbocycles. The number of fused-ring (bicyclic) bond motifs is 3. The molecule has 0 unspecified atom stereocenters. The number of hydrogen-bond donors (Lipinski definition) is 1. The summed E-state index contributed by atoms with van der Waals surface area (Å²) in [7, 11) is 0. The van der Waals surface area contributed by atoms with E-state index in [4.69, 9.17) is 0 Å². The molecule has 6 nitrogen and oxygen atoms in total. The summed E-state index contributed by atoms with van der Waals surface area (Å²) in [6.07, 6.45) is -0.903. The predicted octanol–water partition coefficient (Wildman–Crippen LogP) is 2.45. The average Bonchev–Trinajstić information content (AvgIpc) is 3.22. The minimum atomic E-state index is -4.68. The summed E-state index contributed by atoms with van der Waals surface area (Å²) < 4.78 is 41.5. The Bertz CT molecular complexity index is 875. The second-order valence-electron chi connectivity index (χ2n) is 7.44. The van der Waals surface area contributed by atoms with Crippen LogP contribution in [0.4, 0.5) is 13.2 Å². The van der Waals surface area contributed by atoms with Crippen LogP contribution < -0.4 is 10.9 Å². The van der Waals surface area contributed by atoms with Crippen LogP contribution in [-0.4, -0.2) is 31.8 Å². The Morgan fingerprint density at radius 1 is 1.35 bits per heavy atom. The molecule has 4 rings (SSSR count). The van der Waals surface area contributed by atoms with E-state index in [0.29, 0.717) is 30.0 Å². The van der Waals surface area contributed by atoms with E-state index in [9.17, 15) is 18.0 Å². The van der Waals surface area contributed by atoms with E-state index in [2.05, 4.69) is 15.4 Å². The Balaban J connectivity index is 0.00000196. The zero-order valence-corrected chi connectivity index (χ0v) is 15.3. The highest BCUT2D eigenvalue weighted by Gasteiger charge is 2.40. The van der Waals surface area contributed by atoms with E-state index in [1.807, 2.05) is 13.8 Å². The Kier molecular flexibility index (Phi) is 4.81. The van der Waals surface area contributed by atoms with Crippen LogP contribution in [0.25, 0.3) is 5.78 Å². The van der Waals surface area contributed by atoms with Gasteiger partial charge in [0, 0.05) is 24.3 Å². The van der Waals surface area contributed by atoms with Crippen LogP contribution in [-0.2, 0) is 12.7 Å². The summed E-state index contributed by atoms with van der Waals surface area (Å²) >= 11 is 0. The van der Waals surface area contributed by atoms with Gasteiger partial charge in [-0.3, -0.25) is 4.79 Å². The molecule has 3 heterocycles. The van der Waals surface area contributed by atoms with Gasteiger partial charge in [0.2, 0.25) is 5.78 Å². The summed E-state index contributed by atoms with van der Waals surface area (Å²) in [5.41, 5.74) is -0.0775. The molecule has 2 bridgehead atoms. The van der Waals surface area contributed by atoms with E-state index in [1.54, 1.807) is 10.8 Å². The van der Waals surface area contributed by atoms with E-state index in [1.165, 1.54) is 0 Å². The molecule has 3 atom stereocenters. The first-order chi connectivity index (χ1) is 11.7. The summed E-state index contributed by atoms with van der Waals surface area (Å²) in [6.45, 7) is 5.19. The summed E-state index contributed by atoms with van der Waals surface area (Å²) in [6, 6.07) is 0.499. The fraction of sp³-hybridized carbons (Fsp3) is 0.688. The first-order valence-corrected chi connectivity index (χ1v) is 8.54. The van der Waals surface area contributed by atoms with Crippen LogP contribution in [0.3, 0.4) is 0 Å². The van der Waals surface area contributed by atoms with Crippen molar-refractivity contribution in [3.8, 4) is 0 Å². The van der Waals surface area contributed by atoms with Crippen molar-refractivity contribution in [3.05, 3.63) is 27.9 Å². The Morgan fingerprint density at radius 3 is 2.62 bits per heavy atom. The monoisotopic (exact) mass is 391 g/mol. The lowest BCUT2D eigenvalue weighted by Gasteiger charge is -2.24. The third-order valence-corrected chi connectivity index (χ3v) is 5.40. The van der Waals surface area contributed by atoms with E-state index >= 15 is 0 Å². The zero-order chi connectivity index (χ0) is 17.9. The van der Waals surface area contributed by atoms with Crippen LogP contribution in [0.15, 0.2) is 11.0 Å². The van der Waals surface area contributed by atoms with Gasteiger partial charge in [-0.25, -0.2) is 0 Å². The largest absolute Gasteiger partial charge is 0.453 e. The molecule has 2 aliphatic rings. The van der Waals surface area contributed by atoms with E-state index in [-0.39, 0.29) is 24.1 Å². The summed E-state index contributed by atoms with van der Waals surface area (Å²) in [5.74, 6) is -0.504. The van der Waals surface area contributed by atoms with Crippen molar-refractivity contribution in [2.75, 3.05) is 6.54 Å². The second-order valence-corrected chi connectivity index (χ2v) is 7.44. The Hall–Kier alpha value is -1.61. The SMILES string of the molecule is CC(C)c1cn(C[C@H]2C[C@H]3C[C@@H]2CN3)c2nc(C(F)(F)F)nn2c1=O.Cl. The van der Waals surface area contributed by atoms with Gasteiger partial charge >= 0.3 is 6.18 Å². The lowest BCUT2D eigenvalue weighted by Crippen LogP contribution is -2.32. The zero-order valence-electron chi connectivity index (χ0n) is 14.5.